The first-order valence-corrected chi connectivity index (χ1v) is 8.78. The molecule has 0 bridgehead atoms. The Morgan fingerprint density at radius 3 is 2.61 bits per heavy atom. The minimum Gasteiger partial charge on any atom is -0.486 e. The lowest BCUT2D eigenvalue weighted by Gasteiger charge is -2.19. The minimum atomic E-state index is -0.747. The van der Waals surface area contributed by atoms with Crippen LogP contribution in [0, 0.1) is 0 Å². The van der Waals surface area contributed by atoms with Crippen LogP contribution in [0.1, 0.15) is 12.5 Å². The second-order valence-corrected chi connectivity index (χ2v) is 7.66. The van der Waals surface area contributed by atoms with Crippen LogP contribution in [0.4, 0.5) is 0 Å². The van der Waals surface area contributed by atoms with Gasteiger partial charge in [0.25, 0.3) is 5.56 Å². The van der Waals surface area contributed by atoms with Crippen LogP contribution in [0.5, 0.6) is 5.75 Å². The molecule has 0 saturated heterocycles. The lowest BCUT2D eigenvalue weighted by Crippen LogP contribution is -2.34. The highest BCUT2D eigenvalue weighted by molar-refractivity contribution is 9.10. The number of nitrogens with zero attached hydrogens (tertiary/aromatic N) is 2. The van der Waals surface area contributed by atoms with Gasteiger partial charge < -0.3 is 4.74 Å². The maximum Gasteiger partial charge on any atom is 0.284 e. The monoisotopic (exact) mass is 438 g/mol. The van der Waals surface area contributed by atoms with Gasteiger partial charge in [-0.25, -0.2) is 4.68 Å². The van der Waals surface area contributed by atoms with E-state index in [2.05, 4.69) is 21.0 Å². The van der Waals surface area contributed by atoms with E-state index in [0.717, 1.165) is 5.56 Å². The second kappa shape index (κ2) is 7.88. The van der Waals surface area contributed by atoms with Crippen molar-refractivity contribution in [2.75, 3.05) is 5.88 Å². The first-order valence-electron chi connectivity index (χ1n) is 6.70. The van der Waals surface area contributed by atoms with Crippen LogP contribution in [0.25, 0.3) is 0 Å². The molecule has 1 heterocycles. The molecule has 2 aromatic rings. The third-order valence-corrected chi connectivity index (χ3v) is 4.98. The Kier molecular flexibility index (Phi) is 6.37. The predicted molar refractivity (Wildman–Crippen MR) is 97.0 cm³/mol. The van der Waals surface area contributed by atoms with Gasteiger partial charge >= 0.3 is 0 Å². The van der Waals surface area contributed by atoms with E-state index < -0.39 is 4.87 Å². The van der Waals surface area contributed by atoms with Crippen LogP contribution in [0.3, 0.4) is 0 Å². The maximum absolute atomic E-state index is 12.3. The summed E-state index contributed by atoms with van der Waals surface area (Å²) in [5, 5.41) is 4.74. The molecule has 8 heteroatoms. The Hall–Kier alpha value is -0.750. The topological polar surface area (TPSA) is 44.1 Å². The molecule has 0 fully saturated rings. The summed E-state index contributed by atoms with van der Waals surface area (Å²) < 4.78 is 7.18. The summed E-state index contributed by atoms with van der Waals surface area (Å²) in [7, 11) is 0. The van der Waals surface area contributed by atoms with E-state index in [4.69, 9.17) is 39.5 Å². The molecule has 1 unspecified atom stereocenters. The van der Waals surface area contributed by atoms with Crippen molar-refractivity contribution in [3.63, 3.8) is 0 Å². The number of alkyl halides is 2. The van der Waals surface area contributed by atoms with Crippen LogP contribution >= 0.6 is 50.7 Å². The average molecular weight is 441 g/mol. The molecule has 4 nitrogen and oxygen atoms in total. The van der Waals surface area contributed by atoms with Crippen molar-refractivity contribution in [2.45, 2.75) is 24.9 Å². The Bertz CT molecular complexity index is 732. The van der Waals surface area contributed by atoms with Crippen molar-refractivity contribution in [2.24, 2.45) is 0 Å². The fourth-order valence-electron chi connectivity index (χ4n) is 1.76. The summed E-state index contributed by atoms with van der Waals surface area (Å²) in [5.41, 5.74) is 0.608. The molecule has 1 aromatic carbocycles. The number of aromatic nitrogens is 2. The van der Waals surface area contributed by atoms with Crippen molar-refractivity contribution in [1.29, 1.82) is 0 Å². The molecule has 0 aliphatic carbocycles. The SMILES string of the molecule is CC(Cl)(CCl)Cn1ncc(OCc2ccc(Cl)cc2)c(Br)c1=O. The Morgan fingerprint density at radius 1 is 1.35 bits per heavy atom. The van der Waals surface area contributed by atoms with E-state index in [1.54, 1.807) is 19.1 Å². The lowest BCUT2D eigenvalue weighted by molar-refractivity contribution is 0.299. The molecule has 0 spiro atoms. The van der Waals surface area contributed by atoms with Crippen LogP contribution in [-0.4, -0.2) is 20.5 Å². The van der Waals surface area contributed by atoms with Gasteiger partial charge in [0.05, 0.1) is 17.6 Å². The fourth-order valence-corrected chi connectivity index (χ4v) is 2.50. The Labute approximate surface area is 157 Å². The summed E-state index contributed by atoms with van der Waals surface area (Å²) in [6.07, 6.45) is 1.47. The summed E-state index contributed by atoms with van der Waals surface area (Å²) in [4.78, 5) is 11.5. The first kappa shape index (κ1) is 18.6. The van der Waals surface area contributed by atoms with E-state index in [9.17, 15) is 4.79 Å². The van der Waals surface area contributed by atoms with Crippen molar-refractivity contribution >= 4 is 50.7 Å². The van der Waals surface area contributed by atoms with Gasteiger partial charge in [0.1, 0.15) is 11.1 Å². The van der Waals surface area contributed by atoms with Gasteiger partial charge in [0, 0.05) is 10.9 Å². The zero-order valence-corrected chi connectivity index (χ0v) is 16.1. The van der Waals surface area contributed by atoms with Gasteiger partial charge in [-0.15, -0.1) is 23.2 Å². The zero-order chi connectivity index (χ0) is 17.0. The van der Waals surface area contributed by atoms with Crippen molar-refractivity contribution < 1.29 is 4.74 Å². The van der Waals surface area contributed by atoms with Crippen molar-refractivity contribution in [3.05, 3.63) is 55.9 Å². The Balaban J connectivity index is 2.14. The smallest absolute Gasteiger partial charge is 0.284 e. The molecular weight excluding hydrogens is 426 g/mol. The molecule has 0 saturated carbocycles. The number of ether oxygens (including phenoxy) is 1. The van der Waals surface area contributed by atoms with Crippen molar-refractivity contribution in [1.82, 2.24) is 9.78 Å². The second-order valence-electron chi connectivity index (χ2n) is 5.25. The van der Waals surface area contributed by atoms with Crippen LogP contribution < -0.4 is 10.3 Å². The molecule has 2 rings (SSSR count). The van der Waals surface area contributed by atoms with E-state index in [1.807, 2.05) is 12.1 Å². The van der Waals surface area contributed by atoms with Gasteiger partial charge in [0.15, 0.2) is 5.75 Å². The van der Waals surface area contributed by atoms with E-state index in [-0.39, 0.29) is 18.0 Å². The predicted octanol–water partition coefficient (Wildman–Crippen LogP) is 4.47. The third-order valence-electron chi connectivity index (χ3n) is 3.02. The van der Waals surface area contributed by atoms with Crippen LogP contribution in [0.15, 0.2) is 39.7 Å². The van der Waals surface area contributed by atoms with Gasteiger partial charge in [-0.2, -0.15) is 5.10 Å². The lowest BCUT2D eigenvalue weighted by atomic mass is 10.2. The number of benzene rings is 1. The van der Waals surface area contributed by atoms with Gasteiger partial charge in [-0.3, -0.25) is 4.79 Å². The molecule has 23 heavy (non-hydrogen) atoms. The van der Waals surface area contributed by atoms with Crippen molar-refractivity contribution in [3.8, 4) is 5.75 Å². The molecule has 124 valence electrons. The first-order chi connectivity index (χ1) is 10.8. The Morgan fingerprint density at radius 2 is 2.00 bits per heavy atom. The summed E-state index contributed by atoms with van der Waals surface area (Å²) in [6.45, 7) is 2.25. The number of rotatable bonds is 6. The molecule has 0 amide bonds. The standard InChI is InChI=1S/C15H14BrCl3N2O2/c1-15(19,8-17)9-21-14(22)13(16)12(6-20-21)23-7-10-2-4-11(18)5-3-10/h2-6H,7-9H2,1H3. The molecule has 0 radical (unpaired) electrons. The highest BCUT2D eigenvalue weighted by atomic mass is 79.9. The van der Waals surface area contributed by atoms with E-state index >= 15 is 0 Å². The molecular formula is C15H14BrCl3N2O2. The fraction of sp³-hybridized carbons (Fsp3) is 0.333. The normalized spacial score (nSPS) is 13.6. The third kappa shape index (κ3) is 5.11. The largest absolute Gasteiger partial charge is 0.486 e. The summed E-state index contributed by atoms with van der Waals surface area (Å²) in [6, 6.07) is 7.26. The number of hydrogen-bond acceptors (Lipinski definition) is 3. The maximum atomic E-state index is 12.3. The molecule has 0 aliphatic heterocycles. The molecule has 0 aliphatic rings. The minimum absolute atomic E-state index is 0.201. The highest BCUT2D eigenvalue weighted by Gasteiger charge is 2.22. The zero-order valence-electron chi connectivity index (χ0n) is 12.2. The number of halogens is 4. The van der Waals surface area contributed by atoms with Crippen LogP contribution in [-0.2, 0) is 13.2 Å². The number of hydrogen-bond donors (Lipinski definition) is 0. The van der Waals surface area contributed by atoms with Gasteiger partial charge in [-0.05, 0) is 40.5 Å². The highest BCUT2D eigenvalue weighted by Crippen LogP contribution is 2.22. The van der Waals surface area contributed by atoms with E-state index in [1.165, 1.54) is 10.9 Å². The average Bonchev–Trinajstić information content (AvgIpc) is 2.53. The van der Waals surface area contributed by atoms with E-state index in [0.29, 0.717) is 21.9 Å². The molecule has 0 N–H and O–H groups in total. The van der Waals surface area contributed by atoms with Crippen LogP contribution in [0.2, 0.25) is 5.02 Å². The van der Waals surface area contributed by atoms with Gasteiger partial charge in [-0.1, -0.05) is 23.7 Å². The summed E-state index contributed by atoms with van der Waals surface area (Å²) in [5.74, 6) is 0.568. The quantitative estimate of drug-likeness (QED) is 0.623. The molecule has 1 atom stereocenters. The molecule has 1 aromatic heterocycles. The van der Waals surface area contributed by atoms with Gasteiger partial charge in [0.2, 0.25) is 0 Å². The summed E-state index contributed by atoms with van der Waals surface area (Å²) >= 11 is 21.0.